The number of likely N-dealkylation sites (N-methyl/N-ethyl adjacent to an activating group) is 1. The Morgan fingerprint density at radius 1 is 1.31 bits per heavy atom. The number of benzene rings is 2. The van der Waals surface area contributed by atoms with Gasteiger partial charge in [0.2, 0.25) is 15.9 Å². The molecule has 1 aliphatic rings. The van der Waals surface area contributed by atoms with E-state index in [1.807, 2.05) is 19.9 Å². The largest absolute Gasteiger partial charge is 0.492 e. The maximum Gasteiger partial charge on any atom is 0.243 e. The Hall–Kier alpha value is -2.10. The number of nitrogens with zero attached hydrogens (tertiary/aromatic N) is 1. The summed E-state index contributed by atoms with van der Waals surface area (Å²) in [6, 6.07) is 9.84. The van der Waals surface area contributed by atoms with E-state index in [4.69, 9.17) is 9.47 Å². The summed E-state index contributed by atoms with van der Waals surface area (Å²) in [5.41, 5.74) is 1.48. The van der Waals surface area contributed by atoms with Gasteiger partial charge in [0, 0.05) is 29.6 Å². The fraction of sp³-hybridized carbons (Fsp3) is 0.350. The topological polar surface area (TPSA) is 84.9 Å². The van der Waals surface area contributed by atoms with E-state index in [-0.39, 0.29) is 17.5 Å². The average Bonchev–Trinajstić information content (AvgIpc) is 3.01. The van der Waals surface area contributed by atoms with Crippen molar-refractivity contribution >= 4 is 37.5 Å². The van der Waals surface area contributed by atoms with E-state index in [2.05, 4.69) is 21.2 Å². The summed E-state index contributed by atoms with van der Waals surface area (Å²) >= 11 is 3.28. The van der Waals surface area contributed by atoms with Crippen LogP contribution in [0.3, 0.4) is 0 Å². The van der Waals surface area contributed by atoms with Crippen LogP contribution in [-0.4, -0.2) is 44.9 Å². The van der Waals surface area contributed by atoms with Crippen LogP contribution in [0.2, 0.25) is 0 Å². The molecule has 1 atom stereocenters. The number of ether oxygens (including phenoxy) is 2. The summed E-state index contributed by atoms with van der Waals surface area (Å²) in [4.78, 5) is 12.7. The Morgan fingerprint density at radius 3 is 2.66 bits per heavy atom. The number of hydrogen-bond donors (Lipinski definition) is 1. The molecule has 7 nitrogen and oxygen atoms in total. The lowest BCUT2D eigenvalue weighted by atomic mass is 10.1. The van der Waals surface area contributed by atoms with Crippen LogP contribution < -0.4 is 14.8 Å². The van der Waals surface area contributed by atoms with Gasteiger partial charge in [0.1, 0.15) is 17.6 Å². The van der Waals surface area contributed by atoms with E-state index in [1.54, 1.807) is 18.2 Å². The number of nitrogens with one attached hydrogen (secondary N) is 1. The highest BCUT2D eigenvalue weighted by atomic mass is 79.9. The Labute approximate surface area is 179 Å². The maximum absolute atomic E-state index is 12.7. The van der Waals surface area contributed by atoms with Crippen LogP contribution in [0.5, 0.6) is 11.5 Å². The second-order valence-electron chi connectivity index (χ2n) is 6.78. The van der Waals surface area contributed by atoms with Crippen molar-refractivity contribution < 1.29 is 22.7 Å². The number of fused-ring (bicyclic) bond motifs is 1. The zero-order valence-electron chi connectivity index (χ0n) is 16.4. The first-order chi connectivity index (χ1) is 13.7. The van der Waals surface area contributed by atoms with Crippen molar-refractivity contribution in [1.29, 1.82) is 0 Å². The van der Waals surface area contributed by atoms with Gasteiger partial charge in [0.25, 0.3) is 0 Å². The van der Waals surface area contributed by atoms with Crippen LogP contribution in [0.1, 0.15) is 19.4 Å². The summed E-state index contributed by atoms with van der Waals surface area (Å²) in [5.74, 6) is 0.767. The molecular formula is C20H23BrN2O5S. The van der Waals surface area contributed by atoms with Gasteiger partial charge in [0.15, 0.2) is 0 Å². The van der Waals surface area contributed by atoms with Gasteiger partial charge in [-0.3, -0.25) is 4.79 Å². The number of carbonyl (C=O) groups excluding carboxylic acids is 1. The molecule has 29 heavy (non-hydrogen) atoms. The molecule has 1 aliphatic heterocycles. The monoisotopic (exact) mass is 482 g/mol. The summed E-state index contributed by atoms with van der Waals surface area (Å²) in [7, 11) is -2.42. The summed E-state index contributed by atoms with van der Waals surface area (Å²) in [6.07, 6.45) is 0.838. The van der Waals surface area contributed by atoms with E-state index in [0.717, 1.165) is 20.8 Å². The highest BCUT2D eigenvalue weighted by molar-refractivity contribution is 9.10. The molecule has 0 saturated carbocycles. The lowest BCUT2D eigenvalue weighted by Crippen LogP contribution is -2.35. The van der Waals surface area contributed by atoms with Crippen LogP contribution in [0.25, 0.3) is 0 Å². The predicted molar refractivity (Wildman–Crippen MR) is 114 cm³/mol. The van der Waals surface area contributed by atoms with Crippen LogP contribution in [-0.2, 0) is 21.2 Å². The number of anilines is 1. The van der Waals surface area contributed by atoms with Crippen molar-refractivity contribution in [2.45, 2.75) is 31.3 Å². The maximum atomic E-state index is 12.7. The molecule has 0 saturated heterocycles. The standard InChI is InChI=1S/C20H23BrN2O5S/c1-4-27-19-10-14-9-13(2)28-18(14)11-17(19)22-20(24)12-23(3)29(25,26)16-7-5-15(21)6-8-16/h5-8,10-11,13H,4,9,12H2,1-3H3,(H,22,24). The van der Waals surface area contributed by atoms with Crippen LogP contribution in [0, 0.1) is 0 Å². The normalized spacial score (nSPS) is 15.7. The van der Waals surface area contributed by atoms with Gasteiger partial charge in [-0.1, -0.05) is 15.9 Å². The van der Waals surface area contributed by atoms with E-state index in [1.165, 1.54) is 19.2 Å². The number of carbonyl (C=O) groups is 1. The first kappa shape index (κ1) is 21.6. The van der Waals surface area contributed by atoms with E-state index < -0.39 is 15.9 Å². The van der Waals surface area contributed by atoms with Gasteiger partial charge in [0.05, 0.1) is 23.7 Å². The summed E-state index contributed by atoms with van der Waals surface area (Å²) in [5, 5.41) is 2.75. The van der Waals surface area contributed by atoms with E-state index in [0.29, 0.717) is 23.8 Å². The molecule has 0 radical (unpaired) electrons. The minimum atomic E-state index is -3.78. The molecule has 156 valence electrons. The van der Waals surface area contributed by atoms with Crippen molar-refractivity contribution in [3.63, 3.8) is 0 Å². The van der Waals surface area contributed by atoms with Gasteiger partial charge in [-0.15, -0.1) is 0 Å². The molecule has 0 spiro atoms. The van der Waals surface area contributed by atoms with Crippen molar-refractivity contribution in [2.24, 2.45) is 0 Å². The molecule has 0 bridgehead atoms. The van der Waals surface area contributed by atoms with Crippen LogP contribution >= 0.6 is 15.9 Å². The molecule has 2 aromatic carbocycles. The molecule has 1 heterocycles. The third-order valence-electron chi connectivity index (χ3n) is 4.46. The fourth-order valence-corrected chi connectivity index (χ4v) is 4.47. The van der Waals surface area contributed by atoms with Crippen molar-refractivity contribution in [3.05, 3.63) is 46.4 Å². The summed E-state index contributed by atoms with van der Waals surface area (Å²) in [6.45, 7) is 3.94. The predicted octanol–water partition coefficient (Wildman–Crippen LogP) is 3.43. The molecule has 1 unspecified atom stereocenters. The second kappa shape index (κ2) is 8.73. The summed E-state index contributed by atoms with van der Waals surface area (Å²) < 4.78 is 38.5. The van der Waals surface area contributed by atoms with Crippen LogP contribution in [0.15, 0.2) is 45.8 Å². The molecule has 1 N–H and O–H groups in total. The highest BCUT2D eigenvalue weighted by Gasteiger charge is 2.25. The lowest BCUT2D eigenvalue weighted by molar-refractivity contribution is -0.116. The zero-order chi connectivity index (χ0) is 21.2. The molecular weight excluding hydrogens is 460 g/mol. The van der Waals surface area contributed by atoms with Crippen molar-refractivity contribution in [1.82, 2.24) is 4.31 Å². The van der Waals surface area contributed by atoms with Gasteiger partial charge in [-0.25, -0.2) is 8.42 Å². The van der Waals surface area contributed by atoms with Crippen molar-refractivity contribution in [2.75, 3.05) is 25.5 Å². The van der Waals surface area contributed by atoms with E-state index in [9.17, 15) is 13.2 Å². The smallest absolute Gasteiger partial charge is 0.243 e. The molecule has 2 aromatic rings. The molecule has 0 fully saturated rings. The van der Waals surface area contributed by atoms with Gasteiger partial charge >= 0.3 is 0 Å². The SMILES string of the molecule is CCOc1cc2c(cc1NC(=O)CN(C)S(=O)(=O)c1ccc(Br)cc1)OC(C)C2. The number of sulfonamides is 1. The number of halogens is 1. The first-order valence-corrected chi connectivity index (χ1v) is 11.4. The first-order valence-electron chi connectivity index (χ1n) is 9.19. The highest BCUT2D eigenvalue weighted by Crippen LogP contribution is 2.38. The van der Waals surface area contributed by atoms with Gasteiger partial charge in [-0.2, -0.15) is 4.31 Å². The number of amides is 1. The second-order valence-corrected chi connectivity index (χ2v) is 9.75. The van der Waals surface area contributed by atoms with Crippen LogP contribution in [0.4, 0.5) is 5.69 Å². The minimum Gasteiger partial charge on any atom is -0.492 e. The molecule has 0 aliphatic carbocycles. The number of hydrogen-bond acceptors (Lipinski definition) is 5. The van der Waals surface area contributed by atoms with E-state index >= 15 is 0 Å². The third-order valence-corrected chi connectivity index (χ3v) is 6.81. The number of rotatable bonds is 7. The Kier molecular flexibility index (Phi) is 6.50. The molecule has 1 amide bonds. The molecule has 0 aromatic heterocycles. The molecule has 3 rings (SSSR count). The lowest BCUT2D eigenvalue weighted by Gasteiger charge is -2.18. The zero-order valence-corrected chi connectivity index (χ0v) is 18.8. The Morgan fingerprint density at radius 2 is 2.00 bits per heavy atom. The van der Waals surface area contributed by atoms with Crippen molar-refractivity contribution in [3.8, 4) is 11.5 Å². The Bertz CT molecular complexity index is 1010. The minimum absolute atomic E-state index is 0.0626. The average molecular weight is 483 g/mol. The fourth-order valence-electron chi connectivity index (χ4n) is 3.08. The van der Waals surface area contributed by atoms with Gasteiger partial charge < -0.3 is 14.8 Å². The third kappa shape index (κ3) is 4.91. The quantitative estimate of drug-likeness (QED) is 0.653. The van der Waals surface area contributed by atoms with Gasteiger partial charge in [-0.05, 0) is 44.2 Å². The Balaban J connectivity index is 1.75. The molecule has 9 heteroatoms.